The van der Waals surface area contributed by atoms with Gasteiger partial charge in [0, 0.05) is 6.07 Å². The van der Waals surface area contributed by atoms with Gasteiger partial charge in [-0.3, -0.25) is 0 Å². The molecule has 0 bridgehead atoms. The number of aromatic nitrogens is 1. The van der Waals surface area contributed by atoms with Crippen LogP contribution in [0.5, 0.6) is 5.75 Å². The summed E-state index contributed by atoms with van der Waals surface area (Å²) in [5, 5.41) is 8.82. The van der Waals surface area contributed by atoms with Gasteiger partial charge in [-0.15, -0.1) is 0 Å². The summed E-state index contributed by atoms with van der Waals surface area (Å²) in [6, 6.07) is 0.516. The van der Waals surface area contributed by atoms with Crippen LogP contribution in [0.4, 0.5) is 13.2 Å². The molecule has 0 aliphatic heterocycles. The van der Waals surface area contributed by atoms with Crippen LogP contribution < -0.4 is 0 Å². The van der Waals surface area contributed by atoms with Gasteiger partial charge in [0.2, 0.25) is 0 Å². The number of rotatable bonds is 1. The lowest BCUT2D eigenvalue weighted by molar-refractivity contribution is 0.145. The van der Waals surface area contributed by atoms with Crippen molar-refractivity contribution in [2.24, 2.45) is 0 Å². The Morgan fingerprint density at radius 1 is 1.50 bits per heavy atom. The molecule has 1 N–H and O–H groups in total. The first kappa shape index (κ1) is 9.56. The second-order valence-electron chi connectivity index (χ2n) is 1.97. The van der Waals surface area contributed by atoms with Gasteiger partial charge in [0.15, 0.2) is 11.6 Å². The van der Waals surface area contributed by atoms with E-state index in [9.17, 15) is 13.2 Å². The third-order valence-corrected chi connectivity index (χ3v) is 1.90. The normalized spacial score (nSPS) is 10.8. The molecule has 0 aromatic carbocycles. The van der Waals surface area contributed by atoms with Gasteiger partial charge in [0.05, 0.1) is 0 Å². The topological polar surface area (TPSA) is 33.1 Å². The minimum absolute atomic E-state index is 0.164. The second kappa shape index (κ2) is 3.46. The van der Waals surface area contributed by atoms with Crippen LogP contribution in [0, 0.1) is 9.52 Å². The summed E-state index contributed by atoms with van der Waals surface area (Å²) in [6.07, 6.45) is -2.83. The van der Waals surface area contributed by atoms with Crippen molar-refractivity contribution in [2.75, 3.05) is 0 Å². The summed E-state index contributed by atoms with van der Waals surface area (Å²) in [5.41, 5.74) is -0.672. The van der Waals surface area contributed by atoms with Gasteiger partial charge in [-0.2, -0.15) is 0 Å². The van der Waals surface area contributed by atoms with E-state index in [4.69, 9.17) is 5.11 Å². The lowest BCUT2D eigenvalue weighted by Gasteiger charge is -2.01. The highest BCUT2D eigenvalue weighted by Gasteiger charge is 2.15. The molecule has 1 aromatic rings. The van der Waals surface area contributed by atoms with E-state index in [0.717, 1.165) is 0 Å². The predicted octanol–water partition coefficient (Wildman–Crippen LogP) is 2.47. The Balaban J connectivity index is 3.21. The van der Waals surface area contributed by atoms with Crippen molar-refractivity contribution >= 4 is 22.6 Å². The zero-order chi connectivity index (χ0) is 9.30. The fourth-order valence-corrected chi connectivity index (χ4v) is 1.14. The zero-order valence-corrected chi connectivity index (χ0v) is 7.72. The van der Waals surface area contributed by atoms with Gasteiger partial charge in [-0.05, 0) is 22.6 Å². The number of hydrogen-bond acceptors (Lipinski definition) is 2. The van der Waals surface area contributed by atoms with Crippen LogP contribution in [-0.2, 0) is 0 Å². The lowest BCUT2D eigenvalue weighted by atomic mass is 10.3. The molecule has 66 valence electrons. The molecule has 2 nitrogen and oxygen atoms in total. The van der Waals surface area contributed by atoms with Crippen LogP contribution in [0.1, 0.15) is 12.1 Å². The van der Waals surface area contributed by atoms with Gasteiger partial charge < -0.3 is 5.11 Å². The largest absolute Gasteiger partial charge is 0.503 e. The standard InChI is InChI=1S/C6H3F3INO/c7-2-1-3(5(8)9)11-6(10)4(2)12/h1,5,12H. The number of pyridine rings is 1. The molecule has 0 aliphatic carbocycles. The molecular formula is C6H3F3INO. The fourth-order valence-electron chi connectivity index (χ4n) is 0.607. The van der Waals surface area contributed by atoms with Crippen LogP contribution in [0.2, 0.25) is 0 Å². The molecule has 0 atom stereocenters. The SMILES string of the molecule is Oc1c(F)cc(C(F)F)nc1I. The van der Waals surface area contributed by atoms with E-state index in [1.165, 1.54) is 22.6 Å². The Bertz CT molecular complexity index is 282. The molecule has 6 heteroatoms. The molecule has 0 saturated carbocycles. The average Bonchev–Trinajstić information content (AvgIpc) is 1.99. The Labute approximate surface area is 79.6 Å². The van der Waals surface area contributed by atoms with Crippen molar-refractivity contribution in [1.29, 1.82) is 0 Å². The van der Waals surface area contributed by atoms with Crippen LogP contribution >= 0.6 is 22.6 Å². The van der Waals surface area contributed by atoms with Gasteiger partial charge in [0.1, 0.15) is 9.39 Å². The van der Waals surface area contributed by atoms with Crippen molar-refractivity contribution in [3.8, 4) is 5.75 Å². The van der Waals surface area contributed by atoms with Crippen LogP contribution in [0.25, 0.3) is 0 Å². The minimum Gasteiger partial charge on any atom is -0.503 e. The maximum Gasteiger partial charge on any atom is 0.280 e. The highest BCUT2D eigenvalue weighted by Crippen LogP contribution is 2.25. The zero-order valence-electron chi connectivity index (χ0n) is 5.56. The maximum atomic E-state index is 12.6. The van der Waals surface area contributed by atoms with E-state index in [1.807, 2.05) is 0 Å². The van der Waals surface area contributed by atoms with E-state index in [-0.39, 0.29) is 3.70 Å². The number of nitrogens with zero attached hydrogens (tertiary/aromatic N) is 1. The van der Waals surface area contributed by atoms with Crippen molar-refractivity contribution < 1.29 is 18.3 Å². The lowest BCUT2D eigenvalue weighted by Crippen LogP contribution is -1.95. The Morgan fingerprint density at radius 2 is 2.08 bits per heavy atom. The monoisotopic (exact) mass is 289 g/mol. The fraction of sp³-hybridized carbons (Fsp3) is 0.167. The highest BCUT2D eigenvalue weighted by atomic mass is 127. The van der Waals surface area contributed by atoms with Crippen molar-refractivity contribution in [3.63, 3.8) is 0 Å². The molecule has 0 unspecified atom stereocenters. The molecule has 0 spiro atoms. The number of aromatic hydroxyl groups is 1. The van der Waals surface area contributed by atoms with E-state index >= 15 is 0 Å². The summed E-state index contributed by atoms with van der Waals surface area (Å²) < 4.78 is 36.3. The minimum atomic E-state index is -2.83. The molecule has 0 amide bonds. The van der Waals surface area contributed by atoms with Crippen molar-refractivity contribution in [3.05, 3.63) is 21.3 Å². The third-order valence-electron chi connectivity index (χ3n) is 1.15. The van der Waals surface area contributed by atoms with Crippen molar-refractivity contribution in [2.45, 2.75) is 6.43 Å². The molecule has 12 heavy (non-hydrogen) atoms. The number of alkyl halides is 2. The third kappa shape index (κ3) is 1.79. The second-order valence-corrected chi connectivity index (χ2v) is 2.99. The van der Waals surface area contributed by atoms with Crippen LogP contribution in [0.15, 0.2) is 6.07 Å². The summed E-state index contributed by atoms with van der Waals surface area (Å²) in [4.78, 5) is 3.28. The molecule has 1 heterocycles. The summed E-state index contributed by atoms with van der Waals surface area (Å²) in [7, 11) is 0. The maximum absolute atomic E-state index is 12.6. The van der Waals surface area contributed by atoms with E-state index < -0.39 is 23.7 Å². The van der Waals surface area contributed by atoms with Gasteiger partial charge in [-0.1, -0.05) is 0 Å². The molecule has 0 fully saturated rings. The molecule has 0 aliphatic rings. The molecule has 0 saturated heterocycles. The van der Waals surface area contributed by atoms with E-state index in [2.05, 4.69) is 4.98 Å². The van der Waals surface area contributed by atoms with E-state index in [0.29, 0.717) is 6.07 Å². The molecular weight excluding hydrogens is 286 g/mol. The molecule has 1 aromatic heterocycles. The van der Waals surface area contributed by atoms with Crippen LogP contribution in [0.3, 0.4) is 0 Å². The first-order chi connectivity index (χ1) is 5.52. The van der Waals surface area contributed by atoms with Crippen LogP contribution in [-0.4, -0.2) is 10.1 Å². The smallest absolute Gasteiger partial charge is 0.280 e. The summed E-state index contributed by atoms with van der Waals surface area (Å²) in [5.74, 6) is -1.77. The van der Waals surface area contributed by atoms with Gasteiger partial charge in [0.25, 0.3) is 6.43 Å². The first-order valence-electron chi connectivity index (χ1n) is 2.85. The quantitative estimate of drug-likeness (QED) is 0.636. The number of halogens is 4. The summed E-state index contributed by atoms with van der Waals surface area (Å²) in [6.45, 7) is 0. The Kier molecular flexibility index (Phi) is 2.76. The van der Waals surface area contributed by atoms with Gasteiger partial charge in [-0.25, -0.2) is 18.2 Å². The van der Waals surface area contributed by atoms with E-state index in [1.54, 1.807) is 0 Å². The van der Waals surface area contributed by atoms with Crippen molar-refractivity contribution in [1.82, 2.24) is 4.98 Å². The molecule has 1 rings (SSSR count). The number of hydrogen-bond donors (Lipinski definition) is 1. The highest BCUT2D eigenvalue weighted by molar-refractivity contribution is 14.1. The Morgan fingerprint density at radius 3 is 2.50 bits per heavy atom. The summed E-state index contributed by atoms with van der Waals surface area (Å²) >= 11 is 1.47. The first-order valence-corrected chi connectivity index (χ1v) is 3.93. The molecule has 0 radical (unpaired) electrons. The predicted molar refractivity (Wildman–Crippen MR) is 43.5 cm³/mol. The van der Waals surface area contributed by atoms with Gasteiger partial charge >= 0.3 is 0 Å². The average molecular weight is 289 g/mol. The Hall–Kier alpha value is -0.530.